The van der Waals surface area contributed by atoms with E-state index in [0.717, 1.165) is 44.6 Å². The van der Waals surface area contributed by atoms with Crippen molar-refractivity contribution in [1.82, 2.24) is 5.32 Å². The Labute approximate surface area is 105 Å². The van der Waals surface area contributed by atoms with Crippen molar-refractivity contribution >= 4 is 5.97 Å². The highest BCUT2D eigenvalue weighted by atomic mass is 16.4. The molecule has 0 amide bonds. The highest BCUT2D eigenvalue weighted by Gasteiger charge is 2.39. The third kappa shape index (κ3) is 3.98. The number of carboxylic acids is 1. The standard InChI is InChI=1S/C14H27NO2/c1-3-6-12-7-5-9-14(10-8-12,13(16)17)15-11-4-2/h12,15H,3-11H2,1-2H3,(H,16,17). The van der Waals surface area contributed by atoms with Gasteiger partial charge in [-0.25, -0.2) is 0 Å². The highest BCUT2D eigenvalue weighted by Crippen LogP contribution is 2.32. The SMILES string of the molecule is CCCNC1(C(=O)O)CCCC(CCC)CC1. The van der Waals surface area contributed by atoms with Gasteiger partial charge in [-0.1, -0.05) is 39.5 Å². The van der Waals surface area contributed by atoms with Crippen LogP contribution in [-0.2, 0) is 4.79 Å². The molecule has 0 bridgehead atoms. The topological polar surface area (TPSA) is 49.3 Å². The summed E-state index contributed by atoms with van der Waals surface area (Å²) < 4.78 is 0. The van der Waals surface area contributed by atoms with Gasteiger partial charge < -0.3 is 10.4 Å². The molecule has 1 aliphatic rings. The predicted octanol–water partition coefficient (Wildman–Crippen LogP) is 3.19. The van der Waals surface area contributed by atoms with E-state index in [2.05, 4.69) is 19.2 Å². The second-order valence-corrected chi connectivity index (χ2v) is 5.40. The van der Waals surface area contributed by atoms with Crippen molar-refractivity contribution in [3.05, 3.63) is 0 Å². The maximum atomic E-state index is 11.5. The Morgan fingerprint density at radius 2 is 2.06 bits per heavy atom. The van der Waals surface area contributed by atoms with Gasteiger partial charge in [0.2, 0.25) is 0 Å². The van der Waals surface area contributed by atoms with E-state index < -0.39 is 11.5 Å². The molecule has 1 saturated carbocycles. The Balaban J connectivity index is 2.62. The average molecular weight is 241 g/mol. The Bertz CT molecular complexity index is 242. The third-order valence-electron chi connectivity index (χ3n) is 4.01. The Kier molecular flexibility index (Phi) is 5.96. The summed E-state index contributed by atoms with van der Waals surface area (Å²) in [5.41, 5.74) is -0.640. The molecular weight excluding hydrogens is 214 g/mol. The van der Waals surface area contributed by atoms with E-state index in [9.17, 15) is 9.90 Å². The van der Waals surface area contributed by atoms with Gasteiger partial charge >= 0.3 is 5.97 Å². The van der Waals surface area contributed by atoms with E-state index in [-0.39, 0.29) is 0 Å². The molecule has 0 heterocycles. The van der Waals surface area contributed by atoms with Crippen molar-refractivity contribution in [2.75, 3.05) is 6.54 Å². The summed E-state index contributed by atoms with van der Waals surface area (Å²) >= 11 is 0. The van der Waals surface area contributed by atoms with Crippen molar-refractivity contribution < 1.29 is 9.90 Å². The van der Waals surface area contributed by atoms with Crippen LogP contribution in [0.25, 0.3) is 0 Å². The minimum atomic E-state index is -0.650. The molecule has 0 aromatic carbocycles. The fraction of sp³-hybridized carbons (Fsp3) is 0.929. The smallest absolute Gasteiger partial charge is 0.323 e. The largest absolute Gasteiger partial charge is 0.480 e. The molecule has 0 aliphatic heterocycles. The van der Waals surface area contributed by atoms with Gasteiger partial charge in [0.25, 0.3) is 0 Å². The van der Waals surface area contributed by atoms with E-state index in [4.69, 9.17) is 0 Å². The van der Waals surface area contributed by atoms with Crippen LogP contribution in [-0.4, -0.2) is 23.2 Å². The monoisotopic (exact) mass is 241 g/mol. The summed E-state index contributed by atoms with van der Waals surface area (Å²) in [5.74, 6) is 0.0905. The van der Waals surface area contributed by atoms with Crippen LogP contribution in [0.15, 0.2) is 0 Å². The van der Waals surface area contributed by atoms with Gasteiger partial charge in [-0.15, -0.1) is 0 Å². The molecule has 0 spiro atoms. The second kappa shape index (κ2) is 7.00. The van der Waals surface area contributed by atoms with Crippen molar-refractivity contribution in [3.8, 4) is 0 Å². The number of hydrogen-bond donors (Lipinski definition) is 2. The number of aliphatic carboxylic acids is 1. The lowest BCUT2D eigenvalue weighted by atomic mass is 9.89. The van der Waals surface area contributed by atoms with Crippen molar-refractivity contribution in [1.29, 1.82) is 0 Å². The minimum absolute atomic E-state index is 0.640. The summed E-state index contributed by atoms with van der Waals surface area (Å²) in [5, 5.41) is 12.8. The van der Waals surface area contributed by atoms with Gasteiger partial charge in [-0.3, -0.25) is 4.79 Å². The lowest BCUT2D eigenvalue weighted by Gasteiger charge is -2.29. The number of nitrogens with one attached hydrogen (secondary N) is 1. The van der Waals surface area contributed by atoms with Gasteiger partial charge in [-0.05, 0) is 38.1 Å². The van der Waals surface area contributed by atoms with Crippen LogP contribution in [0.5, 0.6) is 0 Å². The first-order chi connectivity index (χ1) is 8.14. The minimum Gasteiger partial charge on any atom is -0.480 e. The normalized spacial score (nSPS) is 29.9. The van der Waals surface area contributed by atoms with Crippen LogP contribution in [0, 0.1) is 5.92 Å². The second-order valence-electron chi connectivity index (χ2n) is 5.40. The number of carboxylic acid groups (broad SMARTS) is 1. The van der Waals surface area contributed by atoms with Gasteiger partial charge in [0.1, 0.15) is 5.54 Å². The number of rotatable bonds is 6. The van der Waals surface area contributed by atoms with Crippen LogP contribution in [0.2, 0.25) is 0 Å². The molecule has 0 aromatic heterocycles. The van der Waals surface area contributed by atoms with Crippen LogP contribution in [0.4, 0.5) is 0 Å². The molecule has 2 unspecified atom stereocenters. The third-order valence-corrected chi connectivity index (χ3v) is 4.01. The molecule has 2 N–H and O–H groups in total. The zero-order chi connectivity index (χ0) is 12.7. The fourth-order valence-corrected chi connectivity index (χ4v) is 2.94. The first-order valence-corrected chi connectivity index (χ1v) is 7.13. The molecule has 1 fully saturated rings. The molecule has 100 valence electrons. The zero-order valence-electron chi connectivity index (χ0n) is 11.3. The van der Waals surface area contributed by atoms with Crippen molar-refractivity contribution in [2.24, 2.45) is 5.92 Å². The lowest BCUT2D eigenvalue weighted by Crippen LogP contribution is -2.52. The van der Waals surface area contributed by atoms with Crippen LogP contribution in [0.1, 0.15) is 65.2 Å². The summed E-state index contributed by atoms with van der Waals surface area (Å²) in [4.78, 5) is 11.5. The zero-order valence-corrected chi connectivity index (χ0v) is 11.3. The average Bonchev–Trinajstić information content (AvgIpc) is 2.51. The molecular formula is C14H27NO2. The Morgan fingerprint density at radius 1 is 1.29 bits per heavy atom. The molecule has 0 radical (unpaired) electrons. The van der Waals surface area contributed by atoms with Crippen LogP contribution in [0.3, 0.4) is 0 Å². The summed E-state index contributed by atoms with van der Waals surface area (Å²) in [6, 6.07) is 0. The molecule has 1 aliphatic carbocycles. The maximum Gasteiger partial charge on any atom is 0.323 e. The molecule has 3 heteroatoms. The van der Waals surface area contributed by atoms with Gasteiger partial charge in [0.05, 0.1) is 0 Å². The maximum absolute atomic E-state index is 11.5. The molecule has 17 heavy (non-hydrogen) atoms. The Hall–Kier alpha value is -0.570. The van der Waals surface area contributed by atoms with Gasteiger partial charge in [-0.2, -0.15) is 0 Å². The summed E-state index contributed by atoms with van der Waals surface area (Å²) in [6.07, 6.45) is 8.38. The summed E-state index contributed by atoms with van der Waals surface area (Å²) in [7, 11) is 0. The van der Waals surface area contributed by atoms with Gasteiger partial charge in [0, 0.05) is 0 Å². The van der Waals surface area contributed by atoms with Crippen LogP contribution < -0.4 is 5.32 Å². The highest BCUT2D eigenvalue weighted by molar-refractivity contribution is 5.78. The quantitative estimate of drug-likeness (QED) is 0.702. The van der Waals surface area contributed by atoms with Crippen molar-refractivity contribution in [3.63, 3.8) is 0 Å². The molecule has 1 rings (SSSR count). The van der Waals surface area contributed by atoms with Crippen LogP contribution >= 0.6 is 0 Å². The molecule has 0 saturated heterocycles. The van der Waals surface area contributed by atoms with E-state index in [1.807, 2.05) is 0 Å². The van der Waals surface area contributed by atoms with E-state index in [0.29, 0.717) is 0 Å². The van der Waals surface area contributed by atoms with Gasteiger partial charge in [0.15, 0.2) is 0 Å². The predicted molar refractivity (Wildman–Crippen MR) is 70.1 cm³/mol. The first kappa shape index (κ1) is 14.5. The van der Waals surface area contributed by atoms with E-state index in [1.165, 1.54) is 19.3 Å². The van der Waals surface area contributed by atoms with E-state index in [1.54, 1.807) is 0 Å². The first-order valence-electron chi connectivity index (χ1n) is 7.13. The Morgan fingerprint density at radius 3 is 2.65 bits per heavy atom. The molecule has 3 nitrogen and oxygen atoms in total. The fourth-order valence-electron chi connectivity index (χ4n) is 2.94. The molecule has 2 atom stereocenters. The number of hydrogen-bond acceptors (Lipinski definition) is 2. The van der Waals surface area contributed by atoms with Crippen molar-refractivity contribution in [2.45, 2.75) is 70.8 Å². The summed E-state index contributed by atoms with van der Waals surface area (Å²) in [6.45, 7) is 5.11. The lowest BCUT2D eigenvalue weighted by molar-refractivity contribution is -0.145. The number of carbonyl (C=O) groups is 1. The van der Waals surface area contributed by atoms with E-state index >= 15 is 0 Å². The molecule has 0 aromatic rings.